The fourth-order valence-electron chi connectivity index (χ4n) is 2.67. The number of pyridine rings is 1. The summed E-state index contributed by atoms with van der Waals surface area (Å²) < 4.78 is 59.6. The topological polar surface area (TPSA) is 47.9 Å². The van der Waals surface area contributed by atoms with Crippen molar-refractivity contribution in [3.63, 3.8) is 0 Å². The summed E-state index contributed by atoms with van der Waals surface area (Å²) in [6.07, 6.45) is -1.57. The van der Waals surface area contributed by atoms with Crippen LogP contribution < -0.4 is 4.74 Å². The number of benzene rings is 1. The van der Waals surface area contributed by atoms with Gasteiger partial charge in [0.05, 0.1) is 18.4 Å². The first kappa shape index (κ1) is 19.0. The van der Waals surface area contributed by atoms with E-state index >= 15 is 0 Å². The molecule has 3 aromatic rings. The minimum absolute atomic E-state index is 0.00638. The molecule has 3 rings (SSSR count). The third-order valence-corrected chi connectivity index (χ3v) is 4.17. The van der Waals surface area contributed by atoms with Crippen molar-refractivity contribution in [3.05, 3.63) is 58.6 Å². The molecule has 0 spiro atoms. The van der Waals surface area contributed by atoms with E-state index in [0.717, 1.165) is 18.2 Å². The molecule has 9 heteroatoms. The Morgan fingerprint density at radius 3 is 2.19 bits per heavy atom. The molecular weight excluding hydrogens is 386 g/mol. The number of rotatable bonds is 4. The molecule has 2 heterocycles. The zero-order valence-electron chi connectivity index (χ0n) is 14.1. The smallest absolute Gasteiger partial charge is 0.280 e. The number of methoxy groups -OCH3 is 1. The Morgan fingerprint density at radius 2 is 1.67 bits per heavy atom. The second-order valence-corrected chi connectivity index (χ2v) is 5.92. The Balaban J connectivity index is 2.28. The van der Waals surface area contributed by atoms with Crippen molar-refractivity contribution in [1.29, 1.82) is 0 Å². The van der Waals surface area contributed by atoms with Crippen LogP contribution >= 0.6 is 11.6 Å². The van der Waals surface area contributed by atoms with E-state index in [-0.39, 0.29) is 22.0 Å². The number of ether oxygens (including phenoxy) is 1. The van der Waals surface area contributed by atoms with Crippen LogP contribution in [0.2, 0.25) is 5.15 Å². The van der Waals surface area contributed by atoms with Crippen LogP contribution in [0.15, 0.2) is 30.5 Å². The zero-order chi connectivity index (χ0) is 19.7. The van der Waals surface area contributed by atoms with Gasteiger partial charge in [0.15, 0.2) is 5.15 Å². The van der Waals surface area contributed by atoms with Gasteiger partial charge in [0.1, 0.15) is 23.1 Å². The Labute approximate surface area is 156 Å². The Morgan fingerprint density at radius 1 is 1.00 bits per heavy atom. The molecule has 0 saturated carbocycles. The molecule has 0 unspecified atom stereocenters. The lowest BCUT2D eigenvalue weighted by molar-refractivity contribution is 0.146. The van der Waals surface area contributed by atoms with Gasteiger partial charge in [-0.05, 0) is 13.0 Å². The molecule has 0 aliphatic rings. The van der Waals surface area contributed by atoms with E-state index in [0.29, 0.717) is 11.3 Å². The maximum atomic E-state index is 14.6. The fourth-order valence-corrected chi connectivity index (χ4v) is 2.90. The third kappa shape index (κ3) is 3.57. The van der Waals surface area contributed by atoms with Crippen LogP contribution in [0, 0.1) is 18.6 Å². The van der Waals surface area contributed by atoms with Crippen molar-refractivity contribution < 1.29 is 22.3 Å². The summed E-state index contributed by atoms with van der Waals surface area (Å²) in [5, 5.41) is 7.35. The molecule has 2 aromatic heterocycles. The van der Waals surface area contributed by atoms with Crippen LogP contribution in [0.25, 0.3) is 22.3 Å². The van der Waals surface area contributed by atoms with E-state index < -0.39 is 29.3 Å². The van der Waals surface area contributed by atoms with Gasteiger partial charge in [0.25, 0.3) is 6.43 Å². The molecule has 27 heavy (non-hydrogen) atoms. The predicted octanol–water partition coefficient (Wildman–Crippen LogP) is 5.39. The van der Waals surface area contributed by atoms with Crippen LogP contribution in [-0.2, 0) is 0 Å². The number of aryl methyl sites for hydroxylation is 1. The van der Waals surface area contributed by atoms with E-state index in [2.05, 4.69) is 15.2 Å². The Bertz CT molecular complexity index is 974. The first-order valence-corrected chi connectivity index (χ1v) is 8.02. The lowest BCUT2D eigenvalue weighted by Gasteiger charge is -2.15. The van der Waals surface area contributed by atoms with Crippen molar-refractivity contribution in [1.82, 2.24) is 15.2 Å². The maximum absolute atomic E-state index is 14.6. The molecule has 0 aliphatic carbocycles. The molecule has 1 aromatic carbocycles. The van der Waals surface area contributed by atoms with Gasteiger partial charge >= 0.3 is 0 Å². The molecule has 4 nitrogen and oxygen atoms in total. The van der Waals surface area contributed by atoms with Crippen LogP contribution in [0.5, 0.6) is 5.75 Å². The van der Waals surface area contributed by atoms with Crippen molar-refractivity contribution in [2.75, 3.05) is 7.11 Å². The van der Waals surface area contributed by atoms with Gasteiger partial charge in [-0.3, -0.25) is 4.98 Å². The molecular formula is C18H12ClF4N3O. The molecule has 0 fully saturated rings. The van der Waals surface area contributed by atoms with Crippen molar-refractivity contribution in [2.45, 2.75) is 13.3 Å². The number of aromatic nitrogens is 3. The van der Waals surface area contributed by atoms with E-state index in [4.69, 9.17) is 16.3 Å². The highest BCUT2D eigenvalue weighted by molar-refractivity contribution is 6.32. The lowest BCUT2D eigenvalue weighted by Crippen LogP contribution is -2.02. The quantitative estimate of drug-likeness (QED) is 0.554. The molecule has 0 radical (unpaired) electrons. The van der Waals surface area contributed by atoms with E-state index in [9.17, 15) is 17.6 Å². The molecule has 140 valence electrons. The highest BCUT2D eigenvalue weighted by Crippen LogP contribution is 2.41. The summed E-state index contributed by atoms with van der Waals surface area (Å²) in [6.45, 7) is 1.56. The van der Waals surface area contributed by atoms with Gasteiger partial charge in [-0.2, -0.15) is 5.10 Å². The highest BCUT2D eigenvalue weighted by Gasteiger charge is 2.24. The molecule has 0 amide bonds. The third-order valence-electron chi connectivity index (χ3n) is 3.91. The standard InChI is InChI=1S/C18H12ClF4N3O/c1-8-14(9-3-4-13(18(22)23)24-7-9)16(17(19)26-25-8)15-11(20)5-10(27-2)6-12(15)21/h3-7,18H,1-2H3. The minimum Gasteiger partial charge on any atom is -0.497 e. The van der Waals surface area contributed by atoms with Gasteiger partial charge in [-0.1, -0.05) is 17.7 Å². The zero-order valence-corrected chi connectivity index (χ0v) is 14.9. The Kier molecular flexibility index (Phi) is 5.27. The van der Waals surface area contributed by atoms with Gasteiger partial charge in [0, 0.05) is 35.0 Å². The van der Waals surface area contributed by atoms with E-state index in [1.54, 1.807) is 6.92 Å². The second-order valence-electron chi connectivity index (χ2n) is 5.56. The van der Waals surface area contributed by atoms with Crippen LogP contribution in [0.1, 0.15) is 17.8 Å². The van der Waals surface area contributed by atoms with Gasteiger partial charge < -0.3 is 4.74 Å². The highest BCUT2D eigenvalue weighted by atomic mass is 35.5. The predicted molar refractivity (Wildman–Crippen MR) is 91.9 cm³/mol. The lowest BCUT2D eigenvalue weighted by atomic mass is 9.95. The largest absolute Gasteiger partial charge is 0.497 e. The SMILES string of the molecule is COc1cc(F)c(-c2c(Cl)nnc(C)c2-c2ccc(C(F)F)nc2)c(F)c1. The summed E-state index contributed by atoms with van der Waals surface area (Å²) in [5.74, 6) is -1.84. The molecule has 0 atom stereocenters. The average Bonchev–Trinajstić information content (AvgIpc) is 2.64. The minimum atomic E-state index is -2.74. The summed E-state index contributed by atoms with van der Waals surface area (Å²) in [7, 11) is 1.28. The summed E-state index contributed by atoms with van der Waals surface area (Å²) in [5.41, 5.74) is -0.0340. The van der Waals surface area contributed by atoms with Crippen LogP contribution in [0.4, 0.5) is 17.6 Å². The monoisotopic (exact) mass is 397 g/mol. The van der Waals surface area contributed by atoms with E-state index in [1.165, 1.54) is 19.4 Å². The van der Waals surface area contributed by atoms with Gasteiger partial charge in [-0.25, -0.2) is 17.6 Å². The van der Waals surface area contributed by atoms with Crippen molar-refractivity contribution in [2.24, 2.45) is 0 Å². The number of hydrogen-bond acceptors (Lipinski definition) is 4. The first-order valence-electron chi connectivity index (χ1n) is 7.64. The summed E-state index contributed by atoms with van der Waals surface area (Å²) in [4.78, 5) is 3.68. The average molecular weight is 398 g/mol. The van der Waals surface area contributed by atoms with E-state index in [1.807, 2.05) is 0 Å². The van der Waals surface area contributed by atoms with Crippen LogP contribution in [-0.4, -0.2) is 22.3 Å². The van der Waals surface area contributed by atoms with Gasteiger partial charge in [-0.15, -0.1) is 5.10 Å². The fraction of sp³-hybridized carbons (Fsp3) is 0.167. The summed E-state index contributed by atoms with van der Waals surface area (Å²) in [6, 6.07) is 4.49. The molecule has 0 saturated heterocycles. The normalized spacial score (nSPS) is 11.1. The molecule has 0 N–H and O–H groups in total. The number of alkyl halides is 2. The molecule has 0 bridgehead atoms. The first-order chi connectivity index (χ1) is 12.8. The van der Waals surface area contributed by atoms with Crippen molar-refractivity contribution >= 4 is 11.6 Å². The summed E-state index contributed by atoms with van der Waals surface area (Å²) >= 11 is 6.11. The maximum Gasteiger partial charge on any atom is 0.280 e. The second kappa shape index (κ2) is 7.48. The van der Waals surface area contributed by atoms with Crippen LogP contribution in [0.3, 0.4) is 0 Å². The number of halogens is 5. The Hall–Kier alpha value is -2.74. The number of nitrogens with zero attached hydrogens (tertiary/aromatic N) is 3. The van der Waals surface area contributed by atoms with Crippen molar-refractivity contribution in [3.8, 4) is 28.0 Å². The number of hydrogen-bond donors (Lipinski definition) is 0. The van der Waals surface area contributed by atoms with Gasteiger partial charge in [0.2, 0.25) is 0 Å². The molecule has 0 aliphatic heterocycles.